The molecule has 0 aliphatic carbocycles. The topological polar surface area (TPSA) is 41.1 Å². The number of carbonyl (C=O) groups excluding carboxylic acids is 1. The van der Waals surface area contributed by atoms with Crippen LogP contribution in [0.15, 0.2) is 30.3 Å². The number of rotatable bonds is 6. The van der Waals surface area contributed by atoms with Crippen molar-refractivity contribution in [3.8, 4) is 0 Å². The van der Waals surface area contributed by atoms with Crippen molar-refractivity contribution in [2.45, 2.75) is 32.9 Å². The Labute approximate surface area is 97.2 Å². The highest BCUT2D eigenvalue weighted by Gasteiger charge is 2.03. The molecule has 0 aliphatic heterocycles. The van der Waals surface area contributed by atoms with E-state index in [9.17, 15) is 4.79 Å². The maximum atomic E-state index is 11.5. The summed E-state index contributed by atoms with van der Waals surface area (Å²) >= 11 is 0. The highest BCUT2D eigenvalue weighted by molar-refractivity contribution is 5.77. The summed E-state index contributed by atoms with van der Waals surface area (Å²) in [4.78, 5) is 11.5. The van der Waals surface area contributed by atoms with E-state index in [0.717, 1.165) is 12.0 Å². The number of benzene rings is 1. The quantitative estimate of drug-likeness (QED) is 0.766. The molecule has 1 aromatic rings. The number of hydrogen-bond donors (Lipinski definition) is 2. The van der Waals surface area contributed by atoms with Crippen LogP contribution in [0.4, 0.5) is 0 Å². The summed E-state index contributed by atoms with van der Waals surface area (Å²) in [5, 5.41) is 6.03. The van der Waals surface area contributed by atoms with Crippen molar-refractivity contribution in [3.05, 3.63) is 35.9 Å². The van der Waals surface area contributed by atoms with Crippen molar-refractivity contribution in [2.24, 2.45) is 0 Å². The van der Waals surface area contributed by atoms with Crippen LogP contribution in [-0.4, -0.2) is 18.5 Å². The molecule has 1 aromatic carbocycles. The second-order valence-corrected chi connectivity index (χ2v) is 3.95. The lowest BCUT2D eigenvalue weighted by Gasteiger charge is -2.11. The van der Waals surface area contributed by atoms with Gasteiger partial charge in [0.05, 0.1) is 6.54 Å². The van der Waals surface area contributed by atoms with Crippen molar-refractivity contribution in [1.29, 1.82) is 0 Å². The third kappa shape index (κ3) is 4.94. The van der Waals surface area contributed by atoms with Gasteiger partial charge in [-0.2, -0.15) is 0 Å². The molecule has 2 N–H and O–H groups in total. The first kappa shape index (κ1) is 12.7. The average molecular weight is 220 g/mol. The van der Waals surface area contributed by atoms with Crippen LogP contribution in [0.1, 0.15) is 25.8 Å². The van der Waals surface area contributed by atoms with Gasteiger partial charge in [-0.3, -0.25) is 4.79 Å². The van der Waals surface area contributed by atoms with E-state index >= 15 is 0 Å². The van der Waals surface area contributed by atoms with Gasteiger partial charge in [0.15, 0.2) is 0 Å². The molecule has 0 aliphatic rings. The zero-order chi connectivity index (χ0) is 11.8. The van der Waals surface area contributed by atoms with E-state index in [-0.39, 0.29) is 5.91 Å². The fraction of sp³-hybridized carbons (Fsp3) is 0.462. The Hall–Kier alpha value is -1.35. The zero-order valence-corrected chi connectivity index (χ0v) is 9.99. The summed E-state index contributed by atoms with van der Waals surface area (Å²) in [6.45, 7) is 5.16. The third-order valence-corrected chi connectivity index (χ3v) is 2.56. The van der Waals surface area contributed by atoms with Gasteiger partial charge in [-0.1, -0.05) is 37.3 Å². The second kappa shape index (κ2) is 7.01. The van der Waals surface area contributed by atoms with Crippen molar-refractivity contribution in [2.75, 3.05) is 6.54 Å². The summed E-state index contributed by atoms with van der Waals surface area (Å²) in [7, 11) is 0. The average Bonchev–Trinajstić information content (AvgIpc) is 2.34. The molecule has 16 heavy (non-hydrogen) atoms. The van der Waals surface area contributed by atoms with Crippen LogP contribution in [0.25, 0.3) is 0 Å². The molecule has 0 radical (unpaired) electrons. The number of carbonyl (C=O) groups is 1. The molecule has 3 nitrogen and oxygen atoms in total. The fourth-order valence-electron chi connectivity index (χ4n) is 1.27. The Kier molecular flexibility index (Phi) is 5.57. The summed E-state index contributed by atoms with van der Waals surface area (Å²) in [5.74, 6) is 0.0455. The van der Waals surface area contributed by atoms with Crippen LogP contribution in [-0.2, 0) is 11.3 Å². The first-order valence-corrected chi connectivity index (χ1v) is 5.76. The lowest BCUT2D eigenvalue weighted by molar-refractivity contribution is -0.120. The summed E-state index contributed by atoms with van der Waals surface area (Å²) in [6.07, 6.45) is 1.03. The minimum absolute atomic E-state index is 0.0455. The molecule has 0 bridgehead atoms. The van der Waals surface area contributed by atoms with E-state index in [1.807, 2.05) is 30.3 Å². The predicted molar refractivity (Wildman–Crippen MR) is 66.0 cm³/mol. The van der Waals surface area contributed by atoms with E-state index in [0.29, 0.717) is 19.1 Å². The minimum Gasteiger partial charge on any atom is -0.351 e. The SMILES string of the molecule is CCC(C)NCC(=O)NCc1ccccc1. The third-order valence-electron chi connectivity index (χ3n) is 2.56. The van der Waals surface area contributed by atoms with Crippen LogP contribution in [0.3, 0.4) is 0 Å². The fourth-order valence-corrected chi connectivity index (χ4v) is 1.27. The maximum Gasteiger partial charge on any atom is 0.234 e. The zero-order valence-electron chi connectivity index (χ0n) is 9.99. The van der Waals surface area contributed by atoms with Gasteiger partial charge < -0.3 is 10.6 Å². The van der Waals surface area contributed by atoms with Gasteiger partial charge in [-0.05, 0) is 18.9 Å². The molecule has 3 heteroatoms. The monoisotopic (exact) mass is 220 g/mol. The van der Waals surface area contributed by atoms with Gasteiger partial charge >= 0.3 is 0 Å². The lowest BCUT2D eigenvalue weighted by atomic mass is 10.2. The van der Waals surface area contributed by atoms with Gasteiger partial charge in [0, 0.05) is 12.6 Å². The van der Waals surface area contributed by atoms with Crippen LogP contribution >= 0.6 is 0 Å². The lowest BCUT2D eigenvalue weighted by Crippen LogP contribution is -2.37. The van der Waals surface area contributed by atoms with Crippen LogP contribution < -0.4 is 10.6 Å². The van der Waals surface area contributed by atoms with Crippen molar-refractivity contribution >= 4 is 5.91 Å². The molecule has 0 heterocycles. The first-order valence-electron chi connectivity index (χ1n) is 5.76. The Morgan fingerprint density at radius 1 is 1.31 bits per heavy atom. The van der Waals surface area contributed by atoms with Gasteiger partial charge in [0.2, 0.25) is 5.91 Å². The predicted octanol–water partition coefficient (Wildman–Crippen LogP) is 1.69. The molecule has 0 aromatic heterocycles. The largest absolute Gasteiger partial charge is 0.351 e. The van der Waals surface area contributed by atoms with Gasteiger partial charge in [-0.25, -0.2) is 0 Å². The molecule has 1 amide bonds. The van der Waals surface area contributed by atoms with E-state index in [1.54, 1.807) is 0 Å². The Morgan fingerprint density at radius 3 is 2.62 bits per heavy atom. The molecule has 0 spiro atoms. The summed E-state index contributed by atoms with van der Waals surface area (Å²) in [6, 6.07) is 10.3. The second-order valence-electron chi connectivity index (χ2n) is 3.95. The molecule has 0 saturated heterocycles. The highest BCUT2D eigenvalue weighted by atomic mass is 16.1. The summed E-state index contributed by atoms with van der Waals surface area (Å²) in [5.41, 5.74) is 1.12. The smallest absolute Gasteiger partial charge is 0.234 e. The van der Waals surface area contributed by atoms with Crippen molar-refractivity contribution in [3.63, 3.8) is 0 Å². The van der Waals surface area contributed by atoms with Crippen molar-refractivity contribution < 1.29 is 4.79 Å². The van der Waals surface area contributed by atoms with Crippen LogP contribution in [0, 0.1) is 0 Å². The van der Waals surface area contributed by atoms with Crippen LogP contribution in [0.5, 0.6) is 0 Å². The van der Waals surface area contributed by atoms with E-state index in [1.165, 1.54) is 0 Å². The van der Waals surface area contributed by atoms with Gasteiger partial charge in [0.25, 0.3) is 0 Å². The molecule has 0 fully saturated rings. The number of nitrogens with one attached hydrogen (secondary N) is 2. The Balaban J connectivity index is 2.20. The standard InChI is InChI=1S/C13H20N2O/c1-3-11(2)14-10-13(16)15-9-12-7-5-4-6-8-12/h4-8,11,14H,3,9-10H2,1-2H3,(H,15,16). The van der Waals surface area contributed by atoms with Gasteiger partial charge in [-0.15, -0.1) is 0 Å². The van der Waals surface area contributed by atoms with E-state index in [2.05, 4.69) is 24.5 Å². The van der Waals surface area contributed by atoms with Crippen molar-refractivity contribution in [1.82, 2.24) is 10.6 Å². The van der Waals surface area contributed by atoms with Gasteiger partial charge in [0.1, 0.15) is 0 Å². The molecule has 0 saturated carbocycles. The molecular weight excluding hydrogens is 200 g/mol. The molecule has 88 valence electrons. The molecule has 1 rings (SSSR count). The minimum atomic E-state index is 0.0455. The van der Waals surface area contributed by atoms with Crippen LogP contribution in [0.2, 0.25) is 0 Å². The Morgan fingerprint density at radius 2 is 2.00 bits per heavy atom. The highest BCUT2D eigenvalue weighted by Crippen LogP contribution is 1.96. The number of amides is 1. The molecular formula is C13H20N2O. The van der Waals surface area contributed by atoms with E-state index < -0.39 is 0 Å². The normalized spacial score (nSPS) is 12.1. The number of hydrogen-bond acceptors (Lipinski definition) is 2. The molecule has 1 unspecified atom stereocenters. The maximum absolute atomic E-state index is 11.5. The summed E-state index contributed by atoms with van der Waals surface area (Å²) < 4.78 is 0. The Bertz CT molecular complexity index is 311. The first-order chi connectivity index (χ1) is 7.72. The molecule has 1 atom stereocenters. The van der Waals surface area contributed by atoms with E-state index in [4.69, 9.17) is 0 Å².